The Morgan fingerprint density at radius 2 is 2.38 bits per heavy atom. The topological polar surface area (TPSA) is 55.1 Å². The Bertz CT molecular complexity index is 424. The van der Waals surface area contributed by atoms with Crippen LogP contribution in [0.25, 0.3) is 5.78 Å². The van der Waals surface area contributed by atoms with Gasteiger partial charge >= 0.3 is 0 Å². The summed E-state index contributed by atoms with van der Waals surface area (Å²) in [7, 11) is 1.87. The number of fused-ring (bicyclic) bond motifs is 1. The molecule has 0 bridgehead atoms. The standard InChI is InChI=1S/C7H8BrN5/c1-9-3-6-11-12-7-10-2-5(8)4-13(6)7/h2,4,9H,3H2,1H3. The molecule has 2 aromatic rings. The molecule has 0 aliphatic rings. The second-order valence-corrected chi connectivity index (χ2v) is 3.50. The molecule has 0 aliphatic heterocycles. The molecule has 0 radical (unpaired) electrons. The highest BCUT2D eigenvalue weighted by Crippen LogP contribution is 2.09. The second kappa shape index (κ2) is 3.39. The Morgan fingerprint density at radius 1 is 1.54 bits per heavy atom. The molecule has 0 spiro atoms. The number of rotatable bonds is 2. The van der Waals surface area contributed by atoms with E-state index in [1.54, 1.807) is 6.20 Å². The Labute approximate surface area is 83.3 Å². The third-order valence-electron chi connectivity index (χ3n) is 1.64. The zero-order chi connectivity index (χ0) is 9.26. The van der Waals surface area contributed by atoms with E-state index in [-0.39, 0.29) is 0 Å². The van der Waals surface area contributed by atoms with Gasteiger partial charge in [-0.05, 0) is 23.0 Å². The van der Waals surface area contributed by atoms with E-state index >= 15 is 0 Å². The summed E-state index contributed by atoms with van der Waals surface area (Å²) < 4.78 is 2.76. The summed E-state index contributed by atoms with van der Waals surface area (Å²) in [5.41, 5.74) is 0. The Morgan fingerprint density at radius 3 is 3.15 bits per heavy atom. The Hall–Kier alpha value is -1.01. The fourth-order valence-corrected chi connectivity index (χ4v) is 1.40. The van der Waals surface area contributed by atoms with E-state index in [2.05, 4.69) is 36.4 Å². The predicted octanol–water partition coefficient (Wildman–Crippen LogP) is 0.606. The van der Waals surface area contributed by atoms with Crippen molar-refractivity contribution in [3.63, 3.8) is 0 Å². The molecule has 0 saturated heterocycles. The Balaban J connectivity index is 2.58. The molecule has 0 amide bonds. The number of hydrogen-bond donors (Lipinski definition) is 1. The number of nitrogens with one attached hydrogen (secondary N) is 1. The van der Waals surface area contributed by atoms with Crippen molar-refractivity contribution < 1.29 is 0 Å². The minimum Gasteiger partial charge on any atom is -0.313 e. The molecule has 5 nitrogen and oxygen atoms in total. The molecule has 0 atom stereocenters. The van der Waals surface area contributed by atoms with E-state index in [1.165, 1.54) is 0 Å². The van der Waals surface area contributed by atoms with Crippen LogP contribution in [0.2, 0.25) is 0 Å². The van der Waals surface area contributed by atoms with Crippen molar-refractivity contribution in [2.24, 2.45) is 0 Å². The quantitative estimate of drug-likeness (QED) is 0.838. The zero-order valence-electron chi connectivity index (χ0n) is 7.03. The SMILES string of the molecule is CNCc1nnc2ncc(Br)cn12. The monoisotopic (exact) mass is 241 g/mol. The molecule has 6 heteroatoms. The average molecular weight is 242 g/mol. The summed E-state index contributed by atoms with van der Waals surface area (Å²) in [6.07, 6.45) is 3.60. The molecule has 0 aliphatic carbocycles. The highest BCUT2D eigenvalue weighted by Gasteiger charge is 2.04. The lowest BCUT2D eigenvalue weighted by Crippen LogP contribution is -2.08. The van der Waals surface area contributed by atoms with Crippen LogP contribution in [0, 0.1) is 0 Å². The van der Waals surface area contributed by atoms with Crippen molar-refractivity contribution >= 4 is 21.7 Å². The van der Waals surface area contributed by atoms with Crippen molar-refractivity contribution in [2.75, 3.05) is 7.05 Å². The molecule has 68 valence electrons. The van der Waals surface area contributed by atoms with E-state index in [0.717, 1.165) is 10.3 Å². The van der Waals surface area contributed by atoms with Gasteiger partial charge in [-0.15, -0.1) is 10.2 Å². The van der Waals surface area contributed by atoms with Gasteiger partial charge in [-0.3, -0.25) is 4.40 Å². The fraction of sp³-hybridized carbons (Fsp3) is 0.286. The summed E-state index contributed by atoms with van der Waals surface area (Å²) >= 11 is 3.34. The van der Waals surface area contributed by atoms with Crippen LogP contribution in [0.1, 0.15) is 5.82 Å². The van der Waals surface area contributed by atoms with Gasteiger partial charge in [-0.1, -0.05) is 0 Å². The molecule has 2 heterocycles. The maximum atomic E-state index is 4.10. The van der Waals surface area contributed by atoms with Gasteiger partial charge in [0.05, 0.1) is 11.0 Å². The first-order chi connectivity index (χ1) is 6.31. The smallest absolute Gasteiger partial charge is 0.255 e. The van der Waals surface area contributed by atoms with Crippen molar-refractivity contribution in [1.82, 2.24) is 24.9 Å². The molecular weight excluding hydrogens is 234 g/mol. The number of aromatic nitrogens is 4. The molecule has 0 unspecified atom stereocenters. The Kier molecular flexibility index (Phi) is 2.24. The first-order valence-electron chi connectivity index (χ1n) is 3.81. The summed E-state index contributed by atoms with van der Waals surface area (Å²) in [4.78, 5) is 4.10. The molecule has 0 saturated carbocycles. The molecule has 13 heavy (non-hydrogen) atoms. The van der Waals surface area contributed by atoms with Gasteiger partial charge in [0.1, 0.15) is 0 Å². The van der Waals surface area contributed by atoms with Crippen LogP contribution in [0.15, 0.2) is 16.9 Å². The van der Waals surface area contributed by atoms with Crippen molar-refractivity contribution in [2.45, 2.75) is 6.54 Å². The van der Waals surface area contributed by atoms with E-state index in [1.807, 2.05) is 17.6 Å². The lowest BCUT2D eigenvalue weighted by atomic mass is 10.5. The highest BCUT2D eigenvalue weighted by atomic mass is 79.9. The van der Waals surface area contributed by atoms with Crippen molar-refractivity contribution in [3.8, 4) is 0 Å². The maximum absolute atomic E-state index is 4.10. The van der Waals surface area contributed by atoms with Crippen molar-refractivity contribution in [3.05, 3.63) is 22.7 Å². The molecule has 2 aromatic heterocycles. The van der Waals surface area contributed by atoms with Crippen LogP contribution in [-0.2, 0) is 6.54 Å². The minimum atomic E-state index is 0.619. The van der Waals surface area contributed by atoms with Gasteiger partial charge in [-0.2, -0.15) is 0 Å². The number of halogens is 1. The van der Waals surface area contributed by atoms with Gasteiger partial charge < -0.3 is 5.32 Å². The van der Waals surface area contributed by atoms with Crippen LogP contribution in [0.5, 0.6) is 0 Å². The minimum absolute atomic E-state index is 0.619. The zero-order valence-corrected chi connectivity index (χ0v) is 8.61. The first kappa shape index (κ1) is 8.58. The van der Waals surface area contributed by atoms with E-state index in [4.69, 9.17) is 0 Å². The third kappa shape index (κ3) is 1.54. The molecule has 1 N–H and O–H groups in total. The van der Waals surface area contributed by atoms with Crippen molar-refractivity contribution in [1.29, 1.82) is 0 Å². The van der Waals surface area contributed by atoms with Gasteiger partial charge in [0.25, 0.3) is 5.78 Å². The summed E-state index contributed by atoms with van der Waals surface area (Å²) in [6.45, 7) is 0.680. The van der Waals surface area contributed by atoms with Gasteiger partial charge in [-0.25, -0.2) is 4.98 Å². The lowest BCUT2D eigenvalue weighted by Gasteiger charge is -1.97. The third-order valence-corrected chi connectivity index (χ3v) is 2.05. The molecule has 0 fully saturated rings. The van der Waals surface area contributed by atoms with Crippen LogP contribution in [0.4, 0.5) is 0 Å². The lowest BCUT2D eigenvalue weighted by molar-refractivity contribution is 0.746. The first-order valence-corrected chi connectivity index (χ1v) is 4.60. The molecule has 2 rings (SSSR count). The van der Waals surface area contributed by atoms with E-state index in [9.17, 15) is 0 Å². The van der Waals surface area contributed by atoms with E-state index in [0.29, 0.717) is 12.3 Å². The highest BCUT2D eigenvalue weighted by molar-refractivity contribution is 9.10. The van der Waals surface area contributed by atoms with Gasteiger partial charge in [0.2, 0.25) is 0 Å². The van der Waals surface area contributed by atoms with Gasteiger partial charge in [0, 0.05) is 12.4 Å². The van der Waals surface area contributed by atoms with Crippen LogP contribution >= 0.6 is 15.9 Å². The largest absolute Gasteiger partial charge is 0.313 e. The number of hydrogen-bond acceptors (Lipinski definition) is 4. The van der Waals surface area contributed by atoms with Gasteiger partial charge in [0.15, 0.2) is 5.82 Å². The molecular formula is C7H8BrN5. The number of nitrogens with zero attached hydrogens (tertiary/aromatic N) is 4. The summed E-state index contributed by atoms with van der Waals surface area (Å²) in [6, 6.07) is 0. The normalized spacial score (nSPS) is 10.9. The predicted molar refractivity (Wildman–Crippen MR) is 51.2 cm³/mol. The van der Waals surface area contributed by atoms with Crippen LogP contribution < -0.4 is 5.32 Å². The van der Waals surface area contributed by atoms with E-state index < -0.39 is 0 Å². The van der Waals surface area contributed by atoms with Crippen LogP contribution in [-0.4, -0.2) is 26.6 Å². The maximum Gasteiger partial charge on any atom is 0.255 e. The molecule has 0 aromatic carbocycles. The van der Waals surface area contributed by atoms with Crippen LogP contribution in [0.3, 0.4) is 0 Å². The second-order valence-electron chi connectivity index (χ2n) is 2.59. The average Bonchev–Trinajstić information content (AvgIpc) is 2.49. The summed E-state index contributed by atoms with van der Waals surface area (Å²) in [5, 5.41) is 10.9. The fourth-order valence-electron chi connectivity index (χ4n) is 1.09. The summed E-state index contributed by atoms with van der Waals surface area (Å²) in [5.74, 6) is 1.47.